The van der Waals surface area contributed by atoms with E-state index in [1.54, 1.807) is 22.9 Å². The van der Waals surface area contributed by atoms with Crippen LogP contribution in [0.5, 0.6) is 0 Å². The molecule has 0 aliphatic heterocycles. The second-order valence-electron chi connectivity index (χ2n) is 5.71. The number of rotatable bonds is 4. The highest BCUT2D eigenvalue weighted by Crippen LogP contribution is 2.35. The van der Waals surface area contributed by atoms with E-state index in [-0.39, 0.29) is 0 Å². The van der Waals surface area contributed by atoms with Gasteiger partial charge in [0.2, 0.25) is 0 Å². The van der Waals surface area contributed by atoms with Gasteiger partial charge in [-0.1, -0.05) is 24.3 Å². The van der Waals surface area contributed by atoms with Crippen LogP contribution in [-0.4, -0.2) is 22.2 Å². The van der Waals surface area contributed by atoms with E-state index in [9.17, 15) is 19.8 Å². The van der Waals surface area contributed by atoms with Gasteiger partial charge in [0, 0.05) is 9.75 Å². The number of fused-ring (bicyclic) bond motifs is 1. The summed E-state index contributed by atoms with van der Waals surface area (Å²) in [6.07, 6.45) is 0. The maximum atomic E-state index is 11.3. The third-order valence-electron chi connectivity index (χ3n) is 4.16. The molecule has 0 bridgehead atoms. The van der Waals surface area contributed by atoms with Crippen LogP contribution >= 0.6 is 22.7 Å². The van der Waals surface area contributed by atoms with Gasteiger partial charge in [-0.25, -0.2) is 9.59 Å². The first-order valence-corrected chi connectivity index (χ1v) is 9.46. The van der Waals surface area contributed by atoms with E-state index in [0.717, 1.165) is 31.7 Å². The van der Waals surface area contributed by atoms with Crippen LogP contribution < -0.4 is 0 Å². The molecule has 0 aliphatic rings. The molecule has 0 amide bonds. The van der Waals surface area contributed by atoms with Gasteiger partial charge >= 0.3 is 11.9 Å². The van der Waals surface area contributed by atoms with Crippen molar-refractivity contribution in [2.75, 3.05) is 0 Å². The molecule has 2 N–H and O–H groups in total. The fourth-order valence-corrected chi connectivity index (χ4v) is 4.70. The first kappa shape index (κ1) is 16.5. The summed E-state index contributed by atoms with van der Waals surface area (Å²) >= 11 is 2.80. The van der Waals surface area contributed by atoms with E-state index in [1.807, 2.05) is 36.4 Å². The highest BCUT2D eigenvalue weighted by atomic mass is 32.1. The van der Waals surface area contributed by atoms with Crippen molar-refractivity contribution in [3.8, 4) is 20.9 Å². The molecule has 0 saturated heterocycles. The molecule has 128 valence electrons. The predicted octanol–water partition coefficient (Wildman–Crippen LogP) is 5.69. The highest BCUT2D eigenvalue weighted by molar-refractivity contribution is 7.14. The van der Waals surface area contributed by atoms with Gasteiger partial charge < -0.3 is 10.2 Å². The van der Waals surface area contributed by atoms with Crippen molar-refractivity contribution in [2.45, 2.75) is 0 Å². The largest absolute Gasteiger partial charge is 0.478 e. The van der Waals surface area contributed by atoms with E-state index >= 15 is 0 Å². The van der Waals surface area contributed by atoms with Crippen LogP contribution in [0, 0.1) is 0 Å². The normalized spacial score (nSPS) is 10.9. The summed E-state index contributed by atoms with van der Waals surface area (Å²) in [6, 6.07) is 14.8. The molecule has 4 rings (SSSR count). The van der Waals surface area contributed by atoms with E-state index in [2.05, 4.69) is 0 Å². The molecule has 0 unspecified atom stereocenters. The third-order valence-corrected chi connectivity index (χ3v) is 6.08. The molecule has 0 fully saturated rings. The molecule has 2 aromatic carbocycles. The van der Waals surface area contributed by atoms with Gasteiger partial charge in [-0.2, -0.15) is 0 Å². The molecule has 0 spiro atoms. The molecule has 2 aromatic heterocycles. The van der Waals surface area contributed by atoms with Gasteiger partial charge in [0.15, 0.2) is 0 Å². The standard InChI is InChI=1S/C20H12O4S2/c21-19(22)15-5-7-25-17(15)13-3-1-11-9-14(4-2-12(11)10-13)18-16(20(23)24)6-8-26-18/h1-10H,(H,21,22)(H,23,24). The average molecular weight is 380 g/mol. The molecular weight excluding hydrogens is 368 g/mol. The number of carboxylic acids is 2. The second kappa shape index (κ2) is 6.40. The monoisotopic (exact) mass is 380 g/mol. The van der Waals surface area contributed by atoms with Gasteiger partial charge in [0.05, 0.1) is 11.1 Å². The van der Waals surface area contributed by atoms with Crippen LogP contribution in [0.25, 0.3) is 31.7 Å². The molecule has 0 saturated carbocycles. The van der Waals surface area contributed by atoms with Gasteiger partial charge in [-0.05, 0) is 56.9 Å². The van der Waals surface area contributed by atoms with Crippen molar-refractivity contribution in [3.05, 3.63) is 70.4 Å². The zero-order valence-electron chi connectivity index (χ0n) is 13.3. The first-order chi connectivity index (χ1) is 12.5. The lowest BCUT2D eigenvalue weighted by Crippen LogP contribution is -1.95. The summed E-state index contributed by atoms with van der Waals surface area (Å²) in [6.45, 7) is 0. The SMILES string of the molecule is O=C(O)c1ccsc1-c1ccc2cc(-c3sccc3C(=O)O)ccc2c1. The zero-order chi connectivity index (χ0) is 18.3. The summed E-state index contributed by atoms with van der Waals surface area (Å²) in [5, 5.41) is 24.1. The highest BCUT2D eigenvalue weighted by Gasteiger charge is 2.15. The van der Waals surface area contributed by atoms with Crippen LogP contribution in [0.3, 0.4) is 0 Å². The van der Waals surface area contributed by atoms with Crippen LogP contribution in [0.4, 0.5) is 0 Å². The second-order valence-corrected chi connectivity index (χ2v) is 7.55. The number of carboxylic acid groups (broad SMARTS) is 2. The fourth-order valence-electron chi connectivity index (χ4n) is 2.93. The molecule has 0 aliphatic carbocycles. The smallest absolute Gasteiger partial charge is 0.337 e. The summed E-state index contributed by atoms with van der Waals surface area (Å²) in [7, 11) is 0. The Morgan fingerprint density at radius 3 is 1.46 bits per heavy atom. The van der Waals surface area contributed by atoms with Gasteiger partial charge in [0.25, 0.3) is 0 Å². The lowest BCUT2D eigenvalue weighted by molar-refractivity contribution is 0.0687. The van der Waals surface area contributed by atoms with Crippen molar-refractivity contribution in [1.82, 2.24) is 0 Å². The summed E-state index contributed by atoms with van der Waals surface area (Å²) in [5.74, 6) is -1.87. The van der Waals surface area contributed by atoms with E-state index in [4.69, 9.17) is 0 Å². The molecule has 4 aromatic rings. The molecule has 0 atom stereocenters. The predicted molar refractivity (Wildman–Crippen MR) is 104 cm³/mol. The Labute approximate surface area is 156 Å². The quantitative estimate of drug-likeness (QED) is 0.477. The summed E-state index contributed by atoms with van der Waals surface area (Å²) in [5.41, 5.74) is 2.33. The van der Waals surface area contributed by atoms with Crippen LogP contribution in [0.2, 0.25) is 0 Å². The number of hydrogen-bond donors (Lipinski definition) is 2. The minimum absolute atomic E-state index is 0.302. The Morgan fingerprint density at radius 1 is 0.654 bits per heavy atom. The summed E-state index contributed by atoms with van der Waals surface area (Å²) < 4.78 is 0. The van der Waals surface area contributed by atoms with E-state index in [0.29, 0.717) is 11.1 Å². The first-order valence-electron chi connectivity index (χ1n) is 7.71. The lowest BCUT2D eigenvalue weighted by Gasteiger charge is -2.06. The topological polar surface area (TPSA) is 74.6 Å². The number of aromatic carboxylic acids is 2. The Morgan fingerprint density at radius 2 is 1.08 bits per heavy atom. The fraction of sp³-hybridized carbons (Fsp3) is 0. The number of hydrogen-bond acceptors (Lipinski definition) is 4. The van der Waals surface area contributed by atoms with E-state index < -0.39 is 11.9 Å². The van der Waals surface area contributed by atoms with Crippen LogP contribution in [-0.2, 0) is 0 Å². The van der Waals surface area contributed by atoms with Crippen LogP contribution in [0.15, 0.2) is 59.3 Å². The molecule has 0 radical (unpaired) electrons. The van der Waals surface area contributed by atoms with Crippen molar-refractivity contribution in [1.29, 1.82) is 0 Å². The van der Waals surface area contributed by atoms with Crippen molar-refractivity contribution < 1.29 is 19.8 Å². The molecule has 6 heteroatoms. The number of carbonyl (C=O) groups is 2. The van der Waals surface area contributed by atoms with Gasteiger partial charge in [0.1, 0.15) is 0 Å². The van der Waals surface area contributed by atoms with Crippen LogP contribution in [0.1, 0.15) is 20.7 Å². The van der Waals surface area contributed by atoms with Crippen molar-refractivity contribution >= 4 is 45.4 Å². The maximum Gasteiger partial charge on any atom is 0.337 e. The minimum atomic E-state index is -0.935. The van der Waals surface area contributed by atoms with Gasteiger partial charge in [-0.3, -0.25) is 0 Å². The maximum absolute atomic E-state index is 11.3. The number of benzene rings is 2. The Hall–Kier alpha value is -2.96. The molecule has 4 nitrogen and oxygen atoms in total. The Kier molecular flexibility index (Phi) is 4.06. The van der Waals surface area contributed by atoms with Gasteiger partial charge in [-0.15, -0.1) is 22.7 Å². The Bertz CT molecular complexity index is 1060. The van der Waals surface area contributed by atoms with E-state index in [1.165, 1.54) is 22.7 Å². The average Bonchev–Trinajstić information content (AvgIpc) is 3.30. The third kappa shape index (κ3) is 2.79. The molecule has 26 heavy (non-hydrogen) atoms. The zero-order valence-corrected chi connectivity index (χ0v) is 14.9. The molecule has 2 heterocycles. The van der Waals surface area contributed by atoms with Crippen molar-refractivity contribution in [3.63, 3.8) is 0 Å². The number of thiophene rings is 2. The van der Waals surface area contributed by atoms with Crippen molar-refractivity contribution in [2.24, 2.45) is 0 Å². The lowest BCUT2D eigenvalue weighted by atomic mass is 10.0. The Balaban J connectivity index is 1.80. The summed E-state index contributed by atoms with van der Waals surface area (Å²) in [4.78, 5) is 24.1. The molecular formula is C20H12O4S2. The minimum Gasteiger partial charge on any atom is -0.478 e.